The number of unbranched alkanes of at least 4 members (excludes halogenated alkanes) is 1. The van der Waals surface area contributed by atoms with Gasteiger partial charge in [-0.3, -0.25) is 4.79 Å². The molecule has 0 aliphatic carbocycles. The predicted octanol–water partition coefficient (Wildman–Crippen LogP) is 0.581. The highest BCUT2D eigenvalue weighted by atomic mass is 16.1. The van der Waals surface area contributed by atoms with Crippen molar-refractivity contribution in [3.05, 3.63) is 0 Å². The molecule has 21 heavy (non-hydrogen) atoms. The third kappa shape index (κ3) is 4.73. The number of nitrogens with zero attached hydrogens (tertiary/aromatic N) is 4. The van der Waals surface area contributed by atoms with Crippen molar-refractivity contribution in [2.24, 2.45) is 5.73 Å². The minimum Gasteiger partial charge on any atom is -0.370 e. The number of carbonyl (C=O) groups excluding carboxylic acids is 1. The molecule has 1 aliphatic rings. The Bertz CT molecular complexity index is 474. The normalized spacial score (nSPS) is 14.2. The summed E-state index contributed by atoms with van der Waals surface area (Å²) >= 11 is 0. The molecule has 2 heterocycles. The third-order valence-corrected chi connectivity index (χ3v) is 3.37. The van der Waals surface area contributed by atoms with Gasteiger partial charge in [0.15, 0.2) is 0 Å². The van der Waals surface area contributed by atoms with Crippen molar-refractivity contribution in [3.8, 4) is 0 Å². The summed E-state index contributed by atoms with van der Waals surface area (Å²) in [7, 11) is 1.79. The van der Waals surface area contributed by atoms with Crippen LogP contribution in [-0.4, -0.2) is 47.5 Å². The van der Waals surface area contributed by atoms with Gasteiger partial charge < -0.3 is 21.3 Å². The molecule has 2 rings (SSSR count). The zero-order chi connectivity index (χ0) is 15.1. The van der Waals surface area contributed by atoms with Crippen molar-refractivity contribution >= 4 is 23.8 Å². The van der Waals surface area contributed by atoms with E-state index in [0.717, 1.165) is 25.9 Å². The number of amides is 1. The number of nitrogens with two attached hydrogens (primary N) is 1. The Kier molecular flexibility index (Phi) is 5.53. The molecular formula is C13H23N7O. The number of carbonyl (C=O) groups is 1. The summed E-state index contributed by atoms with van der Waals surface area (Å²) in [6.07, 6.45) is 4.39. The Balaban J connectivity index is 1.91. The largest absolute Gasteiger partial charge is 0.370 e. The highest BCUT2D eigenvalue weighted by molar-refractivity contribution is 5.73. The first-order chi connectivity index (χ1) is 10.2. The van der Waals surface area contributed by atoms with E-state index < -0.39 is 0 Å². The van der Waals surface area contributed by atoms with Gasteiger partial charge in [0, 0.05) is 33.1 Å². The van der Waals surface area contributed by atoms with Crippen LogP contribution in [0.2, 0.25) is 0 Å². The van der Waals surface area contributed by atoms with Crippen LogP contribution in [0.15, 0.2) is 0 Å². The molecule has 1 aliphatic heterocycles. The van der Waals surface area contributed by atoms with Gasteiger partial charge in [-0.2, -0.15) is 15.0 Å². The number of aromatic nitrogens is 3. The SMILES string of the molecule is CNc1nc(NCCCCC(N)=O)nc(N2CCCC2)n1. The van der Waals surface area contributed by atoms with Crippen LogP contribution in [0.4, 0.5) is 17.8 Å². The molecule has 0 bridgehead atoms. The van der Waals surface area contributed by atoms with E-state index in [1.165, 1.54) is 12.8 Å². The number of primary amides is 1. The number of nitrogens with one attached hydrogen (secondary N) is 2. The van der Waals surface area contributed by atoms with E-state index in [-0.39, 0.29) is 5.91 Å². The summed E-state index contributed by atoms with van der Waals surface area (Å²) in [5, 5.41) is 6.13. The molecule has 116 valence electrons. The lowest BCUT2D eigenvalue weighted by Crippen LogP contribution is -2.22. The predicted molar refractivity (Wildman–Crippen MR) is 82.4 cm³/mol. The zero-order valence-electron chi connectivity index (χ0n) is 12.4. The van der Waals surface area contributed by atoms with Crippen LogP contribution in [0.3, 0.4) is 0 Å². The minimum absolute atomic E-state index is 0.260. The maximum atomic E-state index is 10.7. The Morgan fingerprint density at radius 1 is 1.19 bits per heavy atom. The summed E-state index contributed by atoms with van der Waals surface area (Å²) in [6, 6.07) is 0. The molecule has 1 fully saturated rings. The number of hydrogen-bond donors (Lipinski definition) is 3. The fourth-order valence-corrected chi connectivity index (χ4v) is 2.24. The van der Waals surface area contributed by atoms with E-state index in [9.17, 15) is 4.79 Å². The highest BCUT2D eigenvalue weighted by Gasteiger charge is 2.16. The Hall–Kier alpha value is -2.12. The van der Waals surface area contributed by atoms with Gasteiger partial charge in [-0.25, -0.2) is 0 Å². The van der Waals surface area contributed by atoms with Crippen molar-refractivity contribution in [1.82, 2.24) is 15.0 Å². The molecule has 0 radical (unpaired) electrons. The van der Waals surface area contributed by atoms with Crippen LogP contribution in [0, 0.1) is 0 Å². The van der Waals surface area contributed by atoms with E-state index in [1.807, 2.05) is 0 Å². The second kappa shape index (κ2) is 7.61. The minimum atomic E-state index is -0.260. The van der Waals surface area contributed by atoms with Gasteiger partial charge in [-0.15, -0.1) is 0 Å². The first-order valence-corrected chi connectivity index (χ1v) is 7.40. The summed E-state index contributed by atoms with van der Waals surface area (Å²) in [6.45, 7) is 2.69. The molecule has 0 atom stereocenters. The average Bonchev–Trinajstić information content (AvgIpc) is 3.00. The Morgan fingerprint density at radius 3 is 2.57 bits per heavy atom. The average molecular weight is 293 g/mol. The van der Waals surface area contributed by atoms with Gasteiger partial charge in [-0.05, 0) is 25.7 Å². The van der Waals surface area contributed by atoms with Gasteiger partial charge in [0.1, 0.15) is 0 Å². The first-order valence-electron chi connectivity index (χ1n) is 7.40. The van der Waals surface area contributed by atoms with E-state index in [0.29, 0.717) is 30.8 Å². The van der Waals surface area contributed by atoms with E-state index in [2.05, 4.69) is 30.5 Å². The van der Waals surface area contributed by atoms with Crippen molar-refractivity contribution in [3.63, 3.8) is 0 Å². The second-order valence-electron chi connectivity index (χ2n) is 5.08. The highest BCUT2D eigenvalue weighted by Crippen LogP contribution is 2.18. The topological polar surface area (TPSA) is 109 Å². The molecule has 0 spiro atoms. The third-order valence-electron chi connectivity index (χ3n) is 3.37. The summed E-state index contributed by atoms with van der Waals surface area (Å²) in [5.74, 6) is 1.58. The monoisotopic (exact) mass is 293 g/mol. The van der Waals surface area contributed by atoms with Crippen molar-refractivity contribution in [2.75, 3.05) is 42.2 Å². The second-order valence-corrected chi connectivity index (χ2v) is 5.08. The van der Waals surface area contributed by atoms with E-state index in [1.54, 1.807) is 7.05 Å². The molecule has 8 nitrogen and oxygen atoms in total. The van der Waals surface area contributed by atoms with Gasteiger partial charge in [0.2, 0.25) is 23.8 Å². The van der Waals surface area contributed by atoms with Crippen LogP contribution < -0.4 is 21.3 Å². The lowest BCUT2D eigenvalue weighted by molar-refractivity contribution is -0.118. The standard InChI is InChI=1S/C13H23N7O/c1-15-11-17-12(16-7-3-2-6-10(14)21)19-13(18-11)20-8-4-5-9-20/h2-9H2,1H3,(H2,14,21)(H2,15,16,17,18,19). The van der Waals surface area contributed by atoms with Gasteiger partial charge in [0.25, 0.3) is 0 Å². The molecule has 0 unspecified atom stereocenters. The van der Waals surface area contributed by atoms with Crippen LogP contribution in [-0.2, 0) is 4.79 Å². The molecule has 0 saturated carbocycles. The van der Waals surface area contributed by atoms with Crippen LogP contribution in [0.25, 0.3) is 0 Å². The molecule has 1 amide bonds. The van der Waals surface area contributed by atoms with Crippen molar-refractivity contribution < 1.29 is 4.79 Å². The number of hydrogen-bond acceptors (Lipinski definition) is 7. The van der Waals surface area contributed by atoms with Gasteiger partial charge in [-0.1, -0.05) is 0 Å². The van der Waals surface area contributed by atoms with Gasteiger partial charge in [0.05, 0.1) is 0 Å². The summed E-state index contributed by atoms with van der Waals surface area (Å²) in [4.78, 5) is 26.0. The quantitative estimate of drug-likeness (QED) is 0.601. The molecule has 4 N–H and O–H groups in total. The summed E-state index contributed by atoms with van der Waals surface area (Å²) in [5.41, 5.74) is 5.11. The fraction of sp³-hybridized carbons (Fsp3) is 0.692. The fourth-order valence-electron chi connectivity index (χ4n) is 2.24. The van der Waals surface area contributed by atoms with E-state index in [4.69, 9.17) is 5.73 Å². The lowest BCUT2D eigenvalue weighted by Gasteiger charge is -2.16. The number of rotatable bonds is 8. The number of anilines is 3. The van der Waals surface area contributed by atoms with Gasteiger partial charge >= 0.3 is 0 Å². The smallest absolute Gasteiger partial charge is 0.231 e. The summed E-state index contributed by atoms with van der Waals surface area (Å²) < 4.78 is 0. The molecule has 1 aromatic rings. The van der Waals surface area contributed by atoms with Crippen LogP contribution in [0.1, 0.15) is 32.1 Å². The Morgan fingerprint density at radius 2 is 1.90 bits per heavy atom. The maximum Gasteiger partial charge on any atom is 0.231 e. The van der Waals surface area contributed by atoms with Crippen molar-refractivity contribution in [1.29, 1.82) is 0 Å². The zero-order valence-corrected chi connectivity index (χ0v) is 12.4. The molecular weight excluding hydrogens is 270 g/mol. The first kappa shape index (κ1) is 15.3. The van der Waals surface area contributed by atoms with Crippen LogP contribution >= 0.6 is 0 Å². The molecule has 1 aromatic heterocycles. The van der Waals surface area contributed by atoms with Crippen molar-refractivity contribution in [2.45, 2.75) is 32.1 Å². The van der Waals surface area contributed by atoms with Crippen LogP contribution in [0.5, 0.6) is 0 Å². The molecule has 0 aromatic carbocycles. The Labute approximate surface area is 124 Å². The van der Waals surface area contributed by atoms with E-state index >= 15 is 0 Å². The molecule has 1 saturated heterocycles. The maximum absolute atomic E-state index is 10.7. The molecule has 8 heteroatoms. The lowest BCUT2D eigenvalue weighted by atomic mass is 10.2.